The minimum atomic E-state index is -2.99. The van der Waals surface area contributed by atoms with Crippen molar-refractivity contribution in [3.63, 3.8) is 0 Å². The van der Waals surface area contributed by atoms with Crippen LogP contribution in [0.25, 0.3) is 11.4 Å². The molecule has 1 N–H and O–H groups in total. The molecule has 9 nitrogen and oxygen atoms in total. The number of carbonyl (C=O) groups is 2. The molecule has 1 heterocycles. The maximum Gasteiger partial charge on any atom is 0.387 e. The van der Waals surface area contributed by atoms with Crippen molar-refractivity contribution in [1.29, 1.82) is 0 Å². The number of amides is 1. The lowest BCUT2D eigenvalue weighted by atomic mass is 10.2. The number of alkyl halides is 2. The van der Waals surface area contributed by atoms with Crippen LogP contribution in [-0.4, -0.2) is 35.7 Å². The normalized spacial score (nSPS) is 13.0. The first-order valence-electron chi connectivity index (χ1n) is 9.97. The van der Waals surface area contributed by atoms with Gasteiger partial charge in [-0.25, -0.2) is 4.79 Å². The van der Waals surface area contributed by atoms with Gasteiger partial charge in [0.15, 0.2) is 18.1 Å². The van der Waals surface area contributed by atoms with Crippen LogP contribution in [0, 0.1) is 5.92 Å². The second kappa shape index (κ2) is 9.63. The molecule has 4 rings (SSSR count). The number of hydrogen-bond acceptors (Lipinski definition) is 8. The summed E-state index contributed by atoms with van der Waals surface area (Å²) in [6, 6.07) is 10.5. The van der Waals surface area contributed by atoms with Gasteiger partial charge < -0.3 is 24.1 Å². The summed E-state index contributed by atoms with van der Waals surface area (Å²) in [5, 5.41) is 6.59. The zero-order chi connectivity index (χ0) is 23.4. The fourth-order valence-corrected chi connectivity index (χ4v) is 2.92. The van der Waals surface area contributed by atoms with Crippen molar-refractivity contribution in [3.05, 3.63) is 53.9 Å². The molecule has 172 valence electrons. The molecule has 0 atom stereocenters. The van der Waals surface area contributed by atoms with Crippen LogP contribution in [0.1, 0.15) is 29.1 Å². The van der Waals surface area contributed by atoms with Crippen LogP contribution < -0.4 is 14.8 Å². The van der Waals surface area contributed by atoms with E-state index in [9.17, 15) is 18.4 Å². The van der Waals surface area contributed by atoms with E-state index in [0.717, 1.165) is 12.8 Å². The first-order chi connectivity index (χ1) is 15.9. The third-order valence-corrected chi connectivity index (χ3v) is 4.77. The lowest BCUT2D eigenvalue weighted by Crippen LogP contribution is -2.13. The Hall–Kier alpha value is -4.02. The number of benzene rings is 2. The topological polar surface area (TPSA) is 113 Å². The number of nitrogens with one attached hydrogen (secondary N) is 1. The molecule has 1 fully saturated rings. The monoisotopic (exact) mass is 459 g/mol. The summed E-state index contributed by atoms with van der Waals surface area (Å²) in [6.45, 7) is -3.26. The highest BCUT2D eigenvalue weighted by atomic mass is 19.3. The molecule has 2 aromatic carbocycles. The van der Waals surface area contributed by atoms with E-state index in [1.165, 1.54) is 25.3 Å². The Morgan fingerprint density at radius 1 is 1.15 bits per heavy atom. The zero-order valence-corrected chi connectivity index (χ0v) is 17.4. The summed E-state index contributed by atoms with van der Waals surface area (Å²) in [5.74, 6) is -0.415. The van der Waals surface area contributed by atoms with Crippen molar-refractivity contribution in [2.75, 3.05) is 12.4 Å². The van der Waals surface area contributed by atoms with Crippen LogP contribution in [0.2, 0.25) is 0 Å². The lowest BCUT2D eigenvalue weighted by Gasteiger charge is -2.10. The third-order valence-electron chi connectivity index (χ3n) is 4.77. The van der Waals surface area contributed by atoms with Gasteiger partial charge in [0.25, 0.3) is 5.89 Å². The molecule has 1 amide bonds. The van der Waals surface area contributed by atoms with E-state index < -0.39 is 12.6 Å². The first-order valence-corrected chi connectivity index (χ1v) is 9.97. The summed E-state index contributed by atoms with van der Waals surface area (Å²) in [4.78, 5) is 28.2. The standard InChI is InChI=1S/C22H19F2N3O6/c1-30-17-10-14(6-9-16(17)32-22(23)24)19-26-18(33-27-19)11-31-21(29)13-4-7-15(8-5-13)25-20(28)12-2-3-12/h4-10,12,22H,2-3,11H2,1H3,(H,25,28). The average molecular weight is 459 g/mol. The van der Waals surface area contributed by atoms with Crippen molar-refractivity contribution >= 4 is 17.6 Å². The Bertz CT molecular complexity index is 1150. The summed E-state index contributed by atoms with van der Waals surface area (Å²) >= 11 is 0. The minimum absolute atomic E-state index is 0.0219. The van der Waals surface area contributed by atoms with E-state index in [1.54, 1.807) is 24.3 Å². The van der Waals surface area contributed by atoms with Crippen LogP contribution >= 0.6 is 0 Å². The first kappa shape index (κ1) is 22.2. The molecule has 1 saturated carbocycles. The number of halogens is 2. The fraction of sp³-hybridized carbons (Fsp3) is 0.273. The van der Waals surface area contributed by atoms with Crippen LogP contribution in [0.3, 0.4) is 0 Å². The quantitative estimate of drug-likeness (QED) is 0.477. The molecule has 0 saturated heterocycles. The summed E-state index contributed by atoms with van der Waals surface area (Å²) in [6.07, 6.45) is 1.80. The van der Waals surface area contributed by atoms with Gasteiger partial charge in [0, 0.05) is 17.2 Å². The highest BCUT2D eigenvalue weighted by Crippen LogP contribution is 2.33. The number of rotatable bonds is 9. The number of methoxy groups -OCH3 is 1. The molecule has 0 aliphatic heterocycles. The number of nitrogens with zero attached hydrogens (tertiary/aromatic N) is 2. The van der Waals surface area contributed by atoms with E-state index in [4.69, 9.17) is 14.0 Å². The smallest absolute Gasteiger partial charge is 0.387 e. The van der Waals surface area contributed by atoms with Gasteiger partial charge in [0.1, 0.15) is 0 Å². The summed E-state index contributed by atoms with van der Waals surface area (Å²) < 4.78 is 44.6. The van der Waals surface area contributed by atoms with E-state index in [0.29, 0.717) is 16.8 Å². The second-order valence-electron chi connectivity index (χ2n) is 7.17. The Morgan fingerprint density at radius 3 is 2.58 bits per heavy atom. The molecule has 11 heteroatoms. The number of anilines is 1. The Kier molecular flexibility index (Phi) is 6.48. The number of hydrogen-bond donors (Lipinski definition) is 1. The molecule has 0 bridgehead atoms. The van der Waals surface area contributed by atoms with Gasteiger partial charge in [0.2, 0.25) is 11.7 Å². The summed E-state index contributed by atoms with van der Waals surface area (Å²) in [7, 11) is 1.31. The molecule has 1 aliphatic carbocycles. The number of ether oxygens (including phenoxy) is 3. The van der Waals surface area contributed by atoms with E-state index in [1.807, 2.05) is 0 Å². The fourth-order valence-electron chi connectivity index (χ4n) is 2.92. The van der Waals surface area contributed by atoms with Gasteiger partial charge >= 0.3 is 12.6 Å². The van der Waals surface area contributed by atoms with Gasteiger partial charge in [-0.2, -0.15) is 13.8 Å². The number of carbonyl (C=O) groups excluding carboxylic acids is 2. The van der Waals surface area contributed by atoms with E-state index in [-0.39, 0.29) is 41.6 Å². The van der Waals surface area contributed by atoms with Crippen molar-refractivity contribution in [2.45, 2.75) is 26.1 Å². The zero-order valence-electron chi connectivity index (χ0n) is 17.4. The molecule has 33 heavy (non-hydrogen) atoms. The Balaban J connectivity index is 1.35. The molecular formula is C22H19F2N3O6. The lowest BCUT2D eigenvalue weighted by molar-refractivity contribution is -0.117. The molecular weight excluding hydrogens is 440 g/mol. The summed E-state index contributed by atoms with van der Waals surface area (Å²) in [5.41, 5.74) is 1.32. The SMILES string of the molecule is COc1cc(-c2noc(COC(=O)c3ccc(NC(=O)C4CC4)cc3)n2)ccc1OC(F)F. The van der Waals surface area contributed by atoms with Gasteiger partial charge in [-0.1, -0.05) is 5.16 Å². The van der Waals surface area contributed by atoms with E-state index >= 15 is 0 Å². The van der Waals surface area contributed by atoms with Crippen molar-refractivity contribution in [1.82, 2.24) is 10.1 Å². The molecule has 0 spiro atoms. The van der Waals surface area contributed by atoms with Crippen LogP contribution in [0.4, 0.5) is 14.5 Å². The van der Waals surface area contributed by atoms with E-state index in [2.05, 4.69) is 20.2 Å². The number of aromatic nitrogens is 2. The highest BCUT2D eigenvalue weighted by Gasteiger charge is 2.29. The van der Waals surface area contributed by atoms with Gasteiger partial charge in [-0.05, 0) is 55.3 Å². The predicted octanol–water partition coefficient (Wildman–Crippen LogP) is 4.05. The van der Waals surface area contributed by atoms with Gasteiger partial charge in [0.05, 0.1) is 12.7 Å². The molecule has 3 aromatic rings. The molecule has 0 unspecified atom stereocenters. The van der Waals surface area contributed by atoms with Gasteiger partial charge in [-0.3, -0.25) is 4.79 Å². The number of esters is 1. The molecule has 0 radical (unpaired) electrons. The molecule has 1 aliphatic rings. The third kappa shape index (κ3) is 5.62. The Labute approximate surface area is 186 Å². The molecule has 1 aromatic heterocycles. The largest absolute Gasteiger partial charge is 0.493 e. The van der Waals surface area contributed by atoms with Gasteiger partial charge in [-0.15, -0.1) is 0 Å². The van der Waals surface area contributed by atoms with Crippen molar-refractivity contribution in [3.8, 4) is 22.9 Å². The van der Waals surface area contributed by atoms with Crippen LogP contribution in [0.15, 0.2) is 47.0 Å². The maximum atomic E-state index is 12.5. The maximum absolute atomic E-state index is 12.5. The van der Waals surface area contributed by atoms with Crippen molar-refractivity contribution < 1.29 is 37.1 Å². The average Bonchev–Trinajstić information content (AvgIpc) is 3.56. The van der Waals surface area contributed by atoms with Crippen LogP contribution in [-0.2, 0) is 16.1 Å². The second-order valence-corrected chi connectivity index (χ2v) is 7.17. The minimum Gasteiger partial charge on any atom is -0.493 e. The highest BCUT2D eigenvalue weighted by molar-refractivity contribution is 5.95. The predicted molar refractivity (Wildman–Crippen MR) is 110 cm³/mol. The van der Waals surface area contributed by atoms with Crippen molar-refractivity contribution in [2.24, 2.45) is 5.92 Å². The van der Waals surface area contributed by atoms with Crippen LogP contribution in [0.5, 0.6) is 11.5 Å². The Morgan fingerprint density at radius 2 is 1.91 bits per heavy atom.